The van der Waals surface area contributed by atoms with Gasteiger partial charge in [0.25, 0.3) is 0 Å². The number of hydrogen-bond donors (Lipinski definition) is 2. The average Bonchev–Trinajstić information content (AvgIpc) is 3.20. The highest BCUT2D eigenvalue weighted by Gasteiger charge is 2.22. The van der Waals surface area contributed by atoms with Gasteiger partial charge in [-0.1, -0.05) is 47.5 Å². The number of allylic oxidation sites excluding steroid dienone is 2. The van der Waals surface area contributed by atoms with Crippen LogP contribution in [0.1, 0.15) is 33.4 Å². The van der Waals surface area contributed by atoms with Gasteiger partial charge in [-0.05, 0) is 66.6 Å². The summed E-state index contributed by atoms with van der Waals surface area (Å²) in [6, 6.07) is 7.46. The van der Waals surface area contributed by atoms with Gasteiger partial charge in [0.1, 0.15) is 0 Å². The SMILES string of the molecule is Cc1cc(Cl)c2c(c1)CC=C2C(=O)O.Cc1cc2c(cc1Cl)C(C(=O)O)=CC2. The molecule has 0 unspecified atom stereocenters. The summed E-state index contributed by atoms with van der Waals surface area (Å²) < 4.78 is 0. The molecule has 0 saturated carbocycles. The van der Waals surface area contributed by atoms with Crippen LogP contribution in [0, 0.1) is 13.8 Å². The third kappa shape index (κ3) is 3.84. The van der Waals surface area contributed by atoms with Crippen molar-refractivity contribution in [2.45, 2.75) is 26.7 Å². The van der Waals surface area contributed by atoms with Gasteiger partial charge in [-0.3, -0.25) is 0 Å². The number of rotatable bonds is 2. The highest BCUT2D eigenvalue weighted by molar-refractivity contribution is 6.35. The Hall–Kier alpha value is -2.56. The van der Waals surface area contributed by atoms with Gasteiger partial charge in [-0.2, -0.15) is 0 Å². The van der Waals surface area contributed by atoms with Gasteiger partial charge < -0.3 is 10.2 Å². The molecule has 0 bridgehead atoms. The van der Waals surface area contributed by atoms with E-state index in [9.17, 15) is 9.59 Å². The number of hydrogen-bond acceptors (Lipinski definition) is 2. The molecule has 4 nitrogen and oxygen atoms in total. The molecule has 2 N–H and O–H groups in total. The van der Waals surface area contributed by atoms with Crippen molar-refractivity contribution in [3.63, 3.8) is 0 Å². The van der Waals surface area contributed by atoms with Crippen molar-refractivity contribution in [3.05, 3.63) is 79.8 Å². The molecule has 0 radical (unpaired) electrons. The number of halogens is 2. The molecule has 0 heterocycles. The Balaban J connectivity index is 0.000000161. The first-order valence-corrected chi connectivity index (χ1v) is 9.40. The van der Waals surface area contributed by atoms with Gasteiger partial charge in [0.2, 0.25) is 0 Å². The normalized spacial score (nSPS) is 13.7. The second-order valence-corrected chi connectivity index (χ2v) is 7.61. The lowest BCUT2D eigenvalue weighted by atomic mass is 10.0. The smallest absolute Gasteiger partial charge is 0.336 e. The molecular weight excluding hydrogens is 399 g/mol. The van der Waals surface area contributed by atoms with Gasteiger partial charge >= 0.3 is 11.9 Å². The summed E-state index contributed by atoms with van der Waals surface area (Å²) in [5.41, 5.74) is 6.24. The lowest BCUT2D eigenvalue weighted by Crippen LogP contribution is -1.98. The van der Waals surface area contributed by atoms with Crippen LogP contribution in [-0.4, -0.2) is 22.2 Å². The standard InChI is InChI=1S/2C11H9ClO2/c1-6-4-7-2-3-8(11(13)14)9(7)5-10(6)12;1-6-4-7-2-3-8(11(13)14)10(7)9(12)5-6/h2*3-5H,2H2,1H3,(H,13,14). The van der Waals surface area contributed by atoms with Crippen molar-refractivity contribution in [2.24, 2.45) is 0 Å². The van der Waals surface area contributed by atoms with Crippen LogP contribution < -0.4 is 0 Å². The molecule has 0 amide bonds. The van der Waals surface area contributed by atoms with Gasteiger partial charge in [0, 0.05) is 15.6 Å². The maximum absolute atomic E-state index is 10.9. The van der Waals surface area contributed by atoms with E-state index >= 15 is 0 Å². The van der Waals surface area contributed by atoms with E-state index in [1.165, 1.54) is 0 Å². The Kier molecular flexibility index (Phi) is 5.64. The van der Waals surface area contributed by atoms with E-state index in [1.807, 2.05) is 26.0 Å². The first-order valence-electron chi connectivity index (χ1n) is 8.64. The monoisotopic (exact) mass is 416 g/mol. The van der Waals surface area contributed by atoms with Gasteiger partial charge in [0.05, 0.1) is 11.1 Å². The minimum Gasteiger partial charge on any atom is -0.478 e. The van der Waals surface area contributed by atoms with Crippen molar-refractivity contribution >= 4 is 46.3 Å². The fourth-order valence-corrected chi connectivity index (χ4v) is 4.03. The summed E-state index contributed by atoms with van der Waals surface area (Å²) >= 11 is 12.0. The van der Waals surface area contributed by atoms with Gasteiger partial charge in [0.15, 0.2) is 0 Å². The molecule has 0 atom stereocenters. The average molecular weight is 417 g/mol. The summed E-state index contributed by atoms with van der Waals surface area (Å²) in [6.45, 7) is 3.87. The Labute approximate surface area is 172 Å². The largest absolute Gasteiger partial charge is 0.478 e. The van der Waals surface area contributed by atoms with Crippen LogP contribution in [-0.2, 0) is 22.4 Å². The number of carbonyl (C=O) groups is 2. The highest BCUT2D eigenvalue weighted by atomic mass is 35.5. The summed E-state index contributed by atoms with van der Waals surface area (Å²) in [4.78, 5) is 21.7. The first-order chi connectivity index (χ1) is 13.2. The van der Waals surface area contributed by atoms with Crippen molar-refractivity contribution < 1.29 is 19.8 Å². The Bertz CT molecular complexity index is 1060. The summed E-state index contributed by atoms with van der Waals surface area (Å²) in [7, 11) is 0. The van der Waals surface area contributed by atoms with E-state index in [1.54, 1.807) is 24.3 Å². The summed E-state index contributed by atoms with van der Waals surface area (Å²) in [6.07, 6.45) is 4.79. The Morgan fingerprint density at radius 3 is 2.07 bits per heavy atom. The van der Waals surface area contributed by atoms with E-state index in [4.69, 9.17) is 33.4 Å². The van der Waals surface area contributed by atoms with E-state index in [-0.39, 0.29) is 0 Å². The third-order valence-electron chi connectivity index (χ3n) is 4.77. The van der Waals surface area contributed by atoms with Crippen molar-refractivity contribution in [1.82, 2.24) is 0 Å². The molecule has 0 fully saturated rings. The second-order valence-electron chi connectivity index (χ2n) is 6.79. The van der Waals surface area contributed by atoms with Crippen molar-refractivity contribution in [3.8, 4) is 0 Å². The lowest BCUT2D eigenvalue weighted by molar-refractivity contribution is -0.131. The van der Waals surface area contributed by atoms with E-state index in [0.29, 0.717) is 39.6 Å². The number of carboxylic acids is 2. The van der Waals surface area contributed by atoms with Gasteiger partial charge in [-0.15, -0.1) is 0 Å². The van der Waals surface area contributed by atoms with Crippen LogP contribution in [0.4, 0.5) is 0 Å². The molecule has 4 rings (SSSR count). The number of benzene rings is 2. The molecule has 144 valence electrons. The van der Waals surface area contributed by atoms with E-state index in [0.717, 1.165) is 27.8 Å². The van der Waals surface area contributed by atoms with Crippen LogP contribution in [0.3, 0.4) is 0 Å². The molecule has 0 aliphatic heterocycles. The zero-order valence-electron chi connectivity index (χ0n) is 15.3. The predicted molar refractivity (Wildman–Crippen MR) is 111 cm³/mol. The van der Waals surface area contributed by atoms with Crippen LogP contribution in [0.25, 0.3) is 11.1 Å². The number of aliphatic carboxylic acids is 2. The number of fused-ring (bicyclic) bond motifs is 2. The van der Waals surface area contributed by atoms with Crippen LogP contribution in [0.15, 0.2) is 36.4 Å². The Morgan fingerprint density at radius 2 is 1.43 bits per heavy atom. The topological polar surface area (TPSA) is 74.6 Å². The third-order valence-corrected chi connectivity index (χ3v) is 5.48. The minimum atomic E-state index is -0.908. The molecule has 2 aliphatic rings. The summed E-state index contributed by atoms with van der Waals surface area (Å²) in [5.74, 6) is -1.79. The van der Waals surface area contributed by atoms with Crippen LogP contribution in [0.2, 0.25) is 10.0 Å². The predicted octanol–water partition coefficient (Wildman–Crippen LogP) is 5.35. The molecule has 28 heavy (non-hydrogen) atoms. The van der Waals surface area contributed by atoms with E-state index < -0.39 is 11.9 Å². The molecule has 0 aromatic heterocycles. The molecule has 2 aliphatic carbocycles. The zero-order valence-corrected chi connectivity index (χ0v) is 16.9. The number of carboxylic acid groups (broad SMARTS) is 2. The highest BCUT2D eigenvalue weighted by Crippen LogP contribution is 2.34. The zero-order chi connectivity index (χ0) is 20.6. The fraction of sp³-hybridized carbons (Fsp3) is 0.182. The van der Waals surface area contributed by atoms with Gasteiger partial charge in [-0.25, -0.2) is 9.59 Å². The van der Waals surface area contributed by atoms with Crippen molar-refractivity contribution in [2.75, 3.05) is 0 Å². The molecule has 0 saturated heterocycles. The van der Waals surface area contributed by atoms with Crippen molar-refractivity contribution in [1.29, 1.82) is 0 Å². The Morgan fingerprint density at radius 1 is 0.821 bits per heavy atom. The quantitative estimate of drug-likeness (QED) is 0.691. The molecular formula is C22H18Cl2O4. The first kappa shape index (κ1) is 20.2. The van der Waals surface area contributed by atoms with Crippen LogP contribution >= 0.6 is 23.2 Å². The molecule has 6 heteroatoms. The molecule has 2 aromatic rings. The summed E-state index contributed by atoms with van der Waals surface area (Å²) in [5, 5.41) is 19.0. The maximum Gasteiger partial charge on any atom is 0.336 e. The molecule has 0 spiro atoms. The molecule has 2 aromatic carbocycles. The lowest BCUT2D eigenvalue weighted by Gasteiger charge is -2.05. The second kappa shape index (κ2) is 7.82. The van der Waals surface area contributed by atoms with Crippen LogP contribution in [0.5, 0.6) is 0 Å². The fourth-order valence-electron chi connectivity index (χ4n) is 3.47. The maximum atomic E-state index is 10.9. The minimum absolute atomic E-state index is 0.324. The number of aryl methyl sites for hydroxylation is 2. The van der Waals surface area contributed by atoms with E-state index in [2.05, 4.69) is 0 Å².